The molecule has 0 saturated heterocycles. The smallest absolute Gasteiger partial charge is 0.307 e. The lowest BCUT2D eigenvalue weighted by Gasteiger charge is -2.31. The third kappa shape index (κ3) is 5.87. The van der Waals surface area contributed by atoms with E-state index in [0.29, 0.717) is 26.0 Å². The molecule has 3 aromatic carbocycles. The van der Waals surface area contributed by atoms with Gasteiger partial charge in [-0.25, -0.2) is 4.68 Å². The van der Waals surface area contributed by atoms with E-state index in [1.807, 2.05) is 59.8 Å². The Morgan fingerprint density at radius 2 is 1.87 bits per heavy atom. The first-order chi connectivity index (χ1) is 18.9. The van der Waals surface area contributed by atoms with Gasteiger partial charge in [0.1, 0.15) is 5.75 Å². The molecule has 0 radical (unpaired) electrons. The zero-order valence-electron chi connectivity index (χ0n) is 22.4. The number of carbonyl (C=O) groups is 2. The topological polar surface area (TPSA) is 84.7 Å². The van der Waals surface area contributed by atoms with Gasteiger partial charge in [-0.15, -0.1) is 0 Å². The maximum atomic E-state index is 13.3. The van der Waals surface area contributed by atoms with E-state index in [4.69, 9.17) is 9.84 Å². The molecule has 0 unspecified atom stereocenters. The highest BCUT2D eigenvalue weighted by Gasteiger charge is 2.25. The van der Waals surface area contributed by atoms with Crippen LogP contribution in [-0.2, 0) is 22.4 Å². The molecule has 1 amide bonds. The number of carboxylic acids is 1. The second-order valence-corrected chi connectivity index (χ2v) is 10.0. The maximum absolute atomic E-state index is 13.3. The number of carboxylic acid groups (broad SMARTS) is 1. The van der Waals surface area contributed by atoms with E-state index in [0.717, 1.165) is 57.8 Å². The number of nitrogens with zero attached hydrogens (tertiary/aromatic N) is 3. The van der Waals surface area contributed by atoms with Crippen molar-refractivity contribution >= 4 is 17.6 Å². The molecule has 7 nitrogen and oxygen atoms in total. The molecule has 200 valence electrons. The standard InChI is InChI=1S/C32H33N3O4/c1-22-8-3-14-30(23(22)2)39-17-7-15-31(36)34-16-6-12-28-27(11-5-13-29(28)34)25-20-33-35(21-25)26-10-4-9-24(18-26)19-32(37)38/h3-5,8-11,13-14,18,20-21H,6-7,12,15-17,19H2,1-2H3,(H,37,38). The Morgan fingerprint density at radius 3 is 2.72 bits per heavy atom. The van der Waals surface area contributed by atoms with Gasteiger partial charge in [-0.05, 0) is 85.2 Å². The van der Waals surface area contributed by atoms with Gasteiger partial charge in [0, 0.05) is 30.4 Å². The molecule has 5 rings (SSSR count). The van der Waals surface area contributed by atoms with Gasteiger partial charge in [0.15, 0.2) is 0 Å². The number of carbonyl (C=O) groups excluding carboxylic acids is 1. The zero-order chi connectivity index (χ0) is 27.4. The zero-order valence-corrected chi connectivity index (χ0v) is 22.4. The summed E-state index contributed by atoms with van der Waals surface area (Å²) in [5, 5.41) is 13.7. The molecule has 1 aliphatic heterocycles. The summed E-state index contributed by atoms with van der Waals surface area (Å²) in [5.74, 6) is 0.130. The molecule has 4 aromatic rings. The predicted molar refractivity (Wildman–Crippen MR) is 152 cm³/mol. The van der Waals surface area contributed by atoms with Crippen LogP contribution in [0.2, 0.25) is 0 Å². The molecule has 0 atom stereocenters. The number of fused-ring (bicyclic) bond motifs is 1. The Bertz CT molecular complexity index is 1510. The summed E-state index contributed by atoms with van der Waals surface area (Å²) in [5.41, 5.74) is 8.02. The number of rotatable bonds is 9. The number of aromatic nitrogens is 2. The summed E-state index contributed by atoms with van der Waals surface area (Å²) >= 11 is 0. The monoisotopic (exact) mass is 523 g/mol. The largest absolute Gasteiger partial charge is 0.493 e. The van der Waals surface area contributed by atoms with Gasteiger partial charge in [-0.1, -0.05) is 36.4 Å². The second-order valence-electron chi connectivity index (χ2n) is 10.0. The number of aryl methyl sites for hydroxylation is 1. The quantitative estimate of drug-likeness (QED) is 0.275. The average molecular weight is 524 g/mol. The van der Waals surface area contributed by atoms with Crippen molar-refractivity contribution in [2.75, 3.05) is 18.1 Å². The fourth-order valence-electron chi connectivity index (χ4n) is 5.16. The highest BCUT2D eigenvalue weighted by Crippen LogP contribution is 2.36. The van der Waals surface area contributed by atoms with Crippen LogP contribution in [0.25, 0.3) is 16.8 Å². The van der Waals surface area contributed by atoms with Crippen molar-refractivity contribution in [2.24, 2.45) is 0 Å². The molecule has 1 aliphatic rings. The van der Waals surface area contributed by atoms with Crippen LogP contribution >= 0.6 is 0 Å². The molecule has 1 aromatic heterocycles. The van der Waals surface area contributed by atoms with E-state index in [1.54, 1.807) is 10.7 Å². The number of amides is 1. The molecule has 0 spiro atoms. The van der Waals surface area contributed by atoms with Crippen LogP contribution in [0, 0.1) is 13.8 Å². The van der Waals surface area contributed by atoms with Gasteiger partial charge in [0.05, 0.1) is 24.9 Å². The Morgan fingerprint density at radius 1 is 1.05 bits per heavy atom. The van der Waals surface area contributed by atoms with Crippen LogP contribution in [0.4, 0.5) is 5.69 Å². The molecule has 39 heavy (non-hydrogen) atoms. The summed E-state index contributed by atoms with van der Waals surface area (Å²) in [6, 6.07) is 19.5. The van der Waals surface area contributed by atoms with Crippen molar-refractivity contribution in [1.82, 2.24) is 9.78 Å². The minimum atomic E-state index is -0.864. The lowest BCUT2D eigenvalue weighted by molar-refractivity contribution is -0.136. The Hall–Kier alpha value is -4.39. The number of hydrogen-bond donors (Lipinski definition) is 1. The van der Waals surface area contributed by atoms with E-state index in [-0.39, 0.29) is 12.3 Å². The first-order valence-electron chi connectivity index (χ1n) is 13.4. The number of aliphatic carboxylic acids is 1. The maximum Gasteiger partial charge on any atom is 0.307 e. The van der Waals surface area contributed by atoms with Crippen LogP contribution in [0.1, 0.15) is 41.5 Å². The normalized spacial score (nSPS) is 12.7. The first-order valence-corrected chi connectivity index (χ1v) is 13.4. The Labute approximate surface area is 228 Å². The highest BCUT2D eigenvalue weighted by atomic mass is 16.5. The van der Waals surface area contributed by atoms with E-state index < -0.39 is 5.97 Å². The highest BCUT2D eigenvalue weighted by molar-refractivity contribution is 5.96. The molecule has 2 heterocycles. The van der Waals surface area contributed by atoms with Crippen LogP contribution < -0.4 is 9.64 Å². The molecular weight excluding hydrogens is 490 g/mol. The van der Waals surface area contributed by atoms with Crippen LogP contribution in [0.3, 0.4) is 0 Å². The van der Waals surface area contributed by atoms with Gasteiger partial charge < -0.3 is 14.7 Å². The molecule has 7 heteroatoms. The van der Waals surface area contributed by atoms with E-state index in [2.05, 4.69) is 31.1 Å². The molecule has 0 fully saturated rings. The molecule has 1 N–H and O–H groups in total. The predicted octanol–water partition coefficient (Wildman–Crippen LogP) is 5.92. The van der Waals surface area contributed by atoms with Gasteiger partial charge in [-0.3, -0.25) is 9.59 Å². The molecule has 0 saturated carbocycles. The molecule has 0 bridgehead atoms. The number of benzene rings is 3. The summed E-state index contributed by atoms with van der Waals surface area (Å²) < 4.78 is 7.72. The van der Waals surface area contributed by atoms with Gasteiger partial charge in [-0.2, -0.15) is 5.10 Å². The summed E-state index contributed by atoms with van der Waals surface area (Å²) in [4.78, 5) is 26.3. The van der Waals surface area contributed by atoms with Crippen molar-refractivity contribution in [2.45, 2.75) is 46.0 Å². The molecular formula is C32H33N3O4. The van der Waals surface area contributed by atoms with Crippen LogP contribution in [0.15, 0.2) is 73.1 Å². The van der Waals surface area contributed by atoms with E-state index >= 15 is 0 Å². The summed E-state index contributed by atoms with van der Waals surface area (Å²) in [7, 11) is 0. The summed E-state index contributed by atoms with van der Waals surface area (Å²) in [6.07, 6.45) is 6.64. The minimum Gasteiger partial charge on any atom is -0.493 e. The lowest BCUT2D eigenvalue weighted by Crippen LogP contribution is -2.35. The van der Waals surface area contributed by atoms with E-state index in [1.165, 1.54) is 5.56 Å². The first kappa shape index (κ1) is 26.2. The number of anilines is 1. The van der Waals surface area contributed by atoms with Crippen LogP contribution in [-0.4, -0.2) is 39.9 Å². The SMILES string of the molecule is Cc1cccc(OCCCC(=O)N2CCCc3c(-c4cnn(-c5cccc(CC(=O)O)c5)c4)cccc32)c1C. The number of hydrogen-bond acceptors (Lipinski definition) is 4. The van der Waals surface area contributed by atoms with Gasteiger partial charge in [0.2, 0.25) is 5.91 Å². The van der Waals surface area contributed by atoms with Gasteiger partial charge in [0.25, 0.3) is 0 Å². The third-order valence-corrected chi connectivity index (χ3v) is 7.32. The minimum absolute atomic E-state index is 0.0320. The van der Waals surface area contributed by atoms with Crippen molar-refractivity contribution < 1.29 is 19.4 Å². The fourth-order valence-corrected chi connectivity index (χ4v) is 5.16. The van der Waals surface area contributed by atoms with Gasteiger partial charge >= 0.3 is 5.97 Å². The number of ether oxygens (including phenoxy) is 1. The second kappa shape index (κ2) is 11.6. The van der Waals surface area contributed by atoms with Crippen molar-refractivity contribution in [3.8, 4) is 22.6 Å². The van der Waals surface area contributed by atoms with Crippen molar-refractivity contribution in [1.29, 1.82) is 0 Å². The van der Waals surface area contributed by atoms with E-state index in [9.17, 15) is 9.59 Å². The molecule has 0 aliphatic carbocycles. The van der Waals surface area contributed by atoms with Crippen molar-refractivity contribution in [3.05, 3.63) is 95.3 Å². The fraction of sp³-hybridized carbons (Fsp3) is 0.281. The summed E-state index contributed by atoms with van der Waals surface area (Å²) in [6.45, 7) is 5.34. The third-order valence-electron chi connectivity index (χ3n) is 7.32. The average Bonchev–Trinajstić information content (AvgIpc) is 3.42. The lowest BCUT2D eigenvalue weighted by atomic mass is 9.93. The Kier molecular flexibility index (Phi) is 7.77. The van der Waals surface area contributed by atoms with Crippen LogP contribution in [0.5, 0.6) is 5.75 Å². The van der Waals surface area contributed by atoms with Crippen molar-refractivity contribution in [3.63, 3.8) is 0 Å². The Balaban J connectivity index is 1.29.